The van der Waals surface area contributed by atoms with Crippen LogP contribution in [0.2, 0.25) is 0 Å². The molecule has 4 rings (SSSR count). The molecule has 2 heterocycles. The van der Waals surface area contributed by atoms with E-state index < -0.39 is 21.8 Å². The van der Waals surface area contributed by atoms with E-state index in [1.165, 1.54) is 18.2 Å². The van der Waals surface area contributed by atoms with E-state index in [0.717, 1.165) is 9.48 Å². The summed E-state index contributed by atoms with van der Waals surface area (Å²) < 4.78 is 29.3. The quantitative estimate of drug-likeness (QED) is 0.432. The number of furan rings is 1. The van der Waals surface area contributed by atoms with E-state index in [9.17, 15) is 18.0 Å². The Kier molecular flexibility index (Phi) is 5.06. The Bertz CT molecular complexity index is 1280. The van der Waals surface area contributed by atoms with Crippen molar-refractivity contribution in [2.24, 2.45) is 5.14 Å². The highest BCUT2D eigenvalue weighted by molar-refractivity contribution is 9.10. The molecular weight excluding hydrogens is 474 g/mol. The van der Waals surface area contributed by atoms with Gasteiger partial charge in [0.15, 0.2) is 0 Å². The zero-order valence-corrected chi connectivity index (χ0v) is 17.6. The fourth-order valence-corrected chi connectivity index (χ4v) is 3.65. The molecule has 2 amide bonds. The van der Waals surface area contributed by atoms with E-state index in [2.05, 4.69) is 21.4 Å². The SMILES string of the molecule is NS(=O)(=O)c1ccc(-c2ccc(/C=C3\C(=O)NN(c4ccc(Br)cc4)C3=O)o2)cc1. The Morgan fingerprint density at radius 1 is 0.967 bits per heavy atom. The van der Waals surface area contributed by atoms with Gasteiger partial charge in [0.2, 0.25) is 10.0 Å². The van der Waals surface area contributed by atoms with Crippen molar-refractivity contribution < 1.29 is 22.4 Å². The van der Waals surface area contributed by atoms with Crippen molar-refractivity contribution in [3.05, 3.63) is 76.5 Å². The minimum atomic E-state index is -3.78. The van der Waals surface area contributed by atoms with Crippen LogP contribution in [0.4, 0.5) is 5.69 Å². The van der Waals surface area contributed by atoms with Gasteiger partial charge in [-0.15, -0.1) is 0 Å². The van der Waals surface area contributed by atoms with Gasteiger partial charge in [-0.1, -0.05) is 15.9 Å². The molecule has 1 fully saturated rings. The van der Waals surface area contributed by atoms with Crippen LogP contribution in [0.25, 0.3) is 17.4 Å². The normalized spacial score (nSPS) is 15.7. The minimum absolute atomic E-state index is 0.0126. The van der Waals surface area contributed by atoms with Crippen LogP contribution in [0.1, 0.15) is 5.76 Å². The highest BCUT2D eigenvalue weighted by Crippen LogP contribution is 2.27. The van der Waals surface area contributed by atoms with Crippen LogP contribution in [0.5, 0.6) is 0 Å². The second-order valence-corrected chi connectivity index (χ2v) is 8.86. The first-order valence-corrected chi connectivity index (χ1v) is 10.9. The lowest BCUT2D eigenvalue weighted by Gasteiger charge is -2.14. The van der Waals surface area contributed by atoms with Gasteiger partial charge in [0, 0.05) is 10.0 Å². The molecule has 10 heteroatoms. The zero-order valence-electron chi connectivity index (χ0n) is 15.2. The van der Waals surface area contributed by atoms with Crippen molar-refractivity contribution in [2.45, 2.75) is 4.90 Å². The molecular formula is C20H14BrN3O5S. The van der Waals surface area contributed by atoms with Gasteiger partial charge >= 0.3 is 0 Å². The van der Waals surface area contributed by atoms with E-state index in [4.69, 9.17) is 9.56 Å². The fraction of sp³-hybridized carbons (Fsp3) is 0. The highest BCUT2D eigenvalue weighted by atomic mass is 79.9. The largest absolute Gasteiger partial charge is 0.457 e. The average molecular weight is 488 g/mol. The van der Waals surface area contributed by atoms with Gasteiger partial charge in [-0.05, 0) is 66.7 Å². The Balaban J connectivity index is 1.58. The van der Waals surface area contributed by atoms with Crippen LogP contribution in [-0.4, -0.2) is 20.2 Å². The maximum Gasteiger partial charge on any atom is 0.282 e. The first-order valence-electron chi connectivity index (χ1n) is 8.58. The maximum absolute atomic E-state index is 12.7. The van der Waals surface area contributed by atoms with Crippen LogP contribution in [0.3, 0.4) is 0 Å². The molecule has 0 atom stereocenters. The molecule has 8 nitrogen and oxygen atoms in total. The summed E-state index contributed by atoms with van der Waals surface area (Å²) in [7, 11) is -3.78. The van der Waals surface area contributed by atoms with Crippen LogP contribution in [-0.2, 0) is 19.6 Å². The van der Waals surface area contributed by atoms with Gasteiger partial charge in [-0.25, -0.2) is 18.6 Å². The van der Waals surface area contributed by atoms with Gasteiger partial charge in [-0.2, -0.15) is 0 Å². The van der Waals surface area contributed by atoms with Gasteiger partial charge in [0.1, 0.15) is 17.1 Å². The second-order valence-electron chi connectivity index (χ2n) is 6.39. The van der Waals surface area contributed by atoms with Crippen molar-refractivity contribution in [1.82, 2.24) is 5.43 Å². The number of hydrogen-bond acceptors (Lipinski definition) is 5. The third-order valence-electron chi connectivity index (χ3n) is 4.36. The van der Waals surface area contributed by atoms with E-state index in [0.29, 0.717) is 22.8 Å². The fourth-order valence-electron chi connectivity index (χ4n) is 2.87. The lowest BCUT2D eigenvalue weighted by Crippen LogP contribution is -2.35. The first-order chi connectivity index (χ1) is 14.2. The number of hydrazine groups is 1. The summed E-state index contributed by atoms with van der Waals surface area (Å²) in [6, 6.07) is 16.0. The summed E-state index contributed by atoms with van der Waals surface area (Å²) in [6.45, 7) is 0. The minimum Gasteiger partial charge on any atom is -0.457 e. The highest BCUT2D eigenvalue weighted by Gasteiger charge is 2.34. The van der Waals surface area contributed by atoms with Crippen LogP contribution in [0.15, 0.2) is 80.0 Å². The maximum atomic E-state index is 12.7. The lowest BCUT2D eigenvalue weighted by molar-refractivity contribution is -0.117. The predicted molar refractivity (Wildman–Crippen MR) is 113 cm³/mol. The number of benzene rings is 2. The molecule has 0 saturated carbocycles. The molecule has 1 saturated heterocycles. The Hall–Kier alpha value is -3.21. The molecule has 2 aromatic carbocycles. The first kappa shape index (κ1) is 20.1. The number of anilines is 1. The molecule has 1 aliphatic rings. The van der Waals surface area contributed by atoms with Crippen molar-refractivity contribution in [2.75, 3.05) is 5.01 Å². The van der Waals surface area contributed by atoms with Crippen molar-refractivity contribution >= 4 is 49.5 Å². The van der Waals surface area contributed by atoms with Crippen LogP contribution >= 0.6 is 15.9 Å². The van der Waals surface area contributed by atoms with Crippen LogP contribution < -0.4 is 15.6 Å². The third-order valence-corrected chi connectivity index (χ3v) is 5.81. The van der Waals surface area contributed by atoms with Crippen molar-refractivity contribution in [1.29, 1.82) is 0 Å². The number of nitrogens with one attached hydrogen (secondary N) is 1. The number of nitrogens with two attached hydrogens (primary N) is 1. The smallest absolute Gasteiger partial charge is 0.282 e. The summed E-state index contributed by atoms with van der Waals surface area (Å²) in [6.07, 6.45) is 1.36. The summed E-state index contributed by atoms with van der Waals surface area (Å²) >= 11 is 3.32. The van der Waals surface area contributed by atoms with E-state index in [1.807, 2.05) is 0 Å². The molecule has 3 N–H and O–H groups in total. The Labute approximate surface area is 180 Å². The number of sulfonamides is 1. The molecule has 152 valence electrons. The van der Waals surface area contributed by atoms with Gasteiger partial charge in [-0.3, -0.25) is 15.0 Å². The number of rotatable bonds is 4. The van der Waals surface area contributed by atoms with E-state index in [1.54, 1.807) is 48.5 Å². The zero-order chi connectivity index (χ0) is 21.5. The van der Waals surface area contributed by atoms with Crippen molar-refractivity contribution in [3.63, 3.8) is 0 Å². The number of halogens is 1. The van der Waals surface area contributed by atoms with Crippen molar-refractivity contribution in [3.8, 4) is 11.3 Å². The number of amides is 2. The number of carbonyl (C=O) groups is 2. The summed E-state index contributed by atoms with van der Waals surface area (Å²) in [5, 5.41) is 6.26. The number of hydrogen-bond donors (Lipinski definition) is 2. The Morgan fingerprint density at radius 3 is 2.27 bits per heavy atom. The molecule has 1 aliphatic heterocycles. The molecule has 0 spiro atoms. The standard InChI is InChI=1S/C20H14BrN3O5S/c21-13-3-5-14(6-4-13)24-20(26)17(19(25)23-24)11-15-7-10-18(29-15)12-1-8-16(9-2-12)30(22,27)28/h1-11H,(H,23,25)(H2,22,27,28)/b17-11+. The predicted octanol–water partition coefficient (Wildman–Crippen LogP) is 2.82. The van der Waals surface area contributed by atoms with Crippen LogP contribution in [0, 0.1) is 0 Å². The number of nitrogens with zero attached hydrogens (tertiary/aromatic N) is 1. The molecule has 30 heavy (non-hydrogen) atoms. The second kappa shape index (κ2) is 7.56. The average Bonchev–Trinajstić information content (AvgIpc) is 3.28. The molecule has 3 aromatic rings. The molecule has 0 radical (unpaired) electrons. The monoisotopic (exact) mass is 487 g/mol. The molecule has 0 unspecified atom stereocenters. The number of primary sulfonamides is 1. The summed E-state index contributed by atoms with van der Waals surface area (Å²) in [5.74, 6) is -0.300. The molecule has 0 aliphatic carbocycles. The van der Waals surface area contributed by atoms with Gasteiger partial charge < -0.3 is 4.42 Å². The molecule has 1 aromatic heterocycles. The topological polar surface area (TPSA) is 123 Å². The lowest BCUT2D eigenvalue weighted by atomic mass is 10.2. The van der Waals surface area contributed by atoms with Gasteiger partial charge in [0.05, 0.1) is 10.6 Å². The molecule has 0 bridgehead atoms. The summed E-state index contributed by atoms with van der Waals surface area (Å²) in [5.41, 5.74) is 3.59. The Morgan fingerprint density at radius 2 is 1.63 bits per heavy atom. The summed E-state index contributed by atoms with van der Waals surface area (Å²) in [4.78, 5) is 24.9. The third kappa shape index (κ3) is 3.92. The van der Waals surface area contributed by atoms with E-state index in [-0.39, 0.29) is 10.5 Å². The van der Waals surface area contributed by atoms with E-state index >= 15 is 0 Å². The number of carbonyl (C=O) groups excluding carboxylic acids is 2. The van der Waals surface area contributed by atoms with Gasteiger partial charge in [0.25, 0.3) is 11.8 Å².